The first-order valence-corrected chi connectivity index (χ1v) is 12.0. The summed E-state index contributed by atoms with van der Waals surface area (Å²) in [5, 5.41) is 12.3. The number of amides is 1. The molecule has 0 bridgehead atoms. The molecule has 0 aliphatic heterocycles. The van der Waals surface area contributed by atoms with Crippen molar-refractivity contribution < 1.29 is 4.79 Å². The molecule has 0 fully saturated rings. The molecule has 2 aromatic carbocycles. The van der Waals surface area contributed by atoms with E-state index in [0.717, 1.165) is 35.5 Å². The number of pyridine rings is 1. The maximum atomic E-state index is 13.0. The minimum Gasteiger partial charge on any atom is -0.325 e. The number of rotatable bonds is 7. The van der Waals surface area contributed by atoms with Crippen LogP contribution in [0.5, 0.6) is 0 Å². The highest BCUT2D eigenvalue weighted by molar-refractivity contribution is 8.00. The number of carbonyl (C=O) groups is 1. The highest BCUT2D eigenvalue weighted by Crippen LogP contribution is 2.29. The molecule has 1 aliphatic carbocycles. The van der Waals surface area contributed by atoms with Gasteiger partial charge in [-0.1, -0.05) is 48.2 Å². The first-order valence-electron chi connectivity index (χ1n) is 11.1. The predicted octanol–water partition coefficient (Wildman–Crippen LogP) is 5.00. The Balaban J connectivity index is 1.36. The van der Waals surface area contributed by atoms with Gasteiger partial charge in [0.05, 0.1) is 11.8 Å². The maximum absolute atomic E-state index is 13.0. The molecule has 1 aliphatic rings. The molecule has 166 valence electrons. The van der Waals surface area contributed by atoms with E-state index >= 15 is 0 Å². The van der Waals surface area contributed by atoms with Crippen LogP contribution in [-0.2, 0) is 24.2 Å². The van der Waals surface area contributed by atoms with E-state index in [4.69, 9.17) is 0 Å². The standard InChI is InChI=1S/C26H25N5OS/c1-18(25(32)28-23-11-10-20-8-5-9-22(20)16-23)33-26-30-29-24(21-12-14-27-15-13-21)31(26)17-19-6-3-2-4-7-19/h2-4,6-7,10-16,18H,5,8-9,17H2,1H3,(H,28,32)/t18-/m0/s1. The van der Waals surface area contributed by atoms with Crippen LogP contribution in [0.2, 0.25) is 0 Å². The van der Waals surface area contributed by atoms with Crippen molar-refractivity contribution in [2.24, 2.45) is 0 Å². The van der Waals surface area contributed by atoms with Gasteiger partial charge < -0.3 is 5.32 Å². The van der Waals surface area contributed by atoms with E-state index in [-0.39, 0.29) is 11.2 Å². The van der Waals surface area contributed by atoms with Gasteiger partial charge in [-0.3, -0.25) is 14.3 Å². The Morgan fingerprint density at radius 1 is 1.03 bits per heavy atom. The monoisotopic (exact) mass is 455 g/mol. The van der Waals surface area contributed by atoms with Gasteiger partial charge in [-0.05, 0) is 67.1 Å². The number of hydrogen-bond acceptors (Lipinski definition) is 5. The molecule has 0 saturated heterocycles. The van der Waals surface area contributed by atoms with Crippen LogP contribution in [0.15, 0.2) is 78.2 Å². The van der Waals surface area contributed by atoms with Crippen LogP contribution < -0.4 is 5.32 Å². The zero-order valence-corrected chi connectivity index (χ0v) is 19.3. The molecule has 0 radical (unpaired) electrons. The first kappa shape index (κ1) is 21.4. The summed E-state index contributed by atoms with van der Waals surface area (Å²) in [5.41, 5.74) is 5.68. The lowest BCUT2D eigenvalue weighted by Gasteiger charge is -2.14. The van der Waals surface area contributed by atoms with Gasteiger partial charge in [0.1, 0.15) is 0 Å². The molecule has 7 heteroatoms. The summed E-state index contributed by atoms with van der Waals surface area (Å²) in [7, 11) is 0. The topological polar surface area (TPSA) is 72.7 Å². The highest BCUT2D eigenvalue weighted by Gasteiger charge is 2.22. The lowest BCUT2D eigenvalue weighted by atomic mass is 10.1. The van der Waals surface area contributed by atoms with E-state index in [0.29, 0.717) is 11.7 Å². The number of thioether (sulfide) groups is 1. The number of carbonyl (C=O) groups excluding carboxylic acids is 1. The Kier molecular flexibility index (Phi) is 6.21. The Morgan fingerprint density at radius 3 is 2.64 bits per heavy atom. The van der Waals surface area contributed by atoms with Gasteiger partial charge in [-0.25, -0.2) is 0 Å². The number of aromatic nitrogens is 4. The SMILES string of the molecule is C[C@H](Sc1nnc(-c2ccncc2)n1Cc1ccccc1)C(=O)Nc1ccc2c(c1)CCC2. The van der Waals surface area contributed by atoms with Crippen LogP contribution in [-0.4, -0.2) is 30.9 Å². The number of aryl methyl sites for hydroxylation is 2. The Morgan fingerprint density at radius 2 is 1.82 bits per heavy atom. The number of benzene rings is 2. The van der Waals surface area contributed by atoms with Gasteiger partial charge in [0.2, 0.25) is 5.91 Å². The third-order valence-electron chi connectivity index (χ3n) is 5.86. The van der Waals surface area contributed by atoms with E-state index in [2.05, 4.69) is 49.3 Å². The fraction of sp³-hybridized carbons (Fsp3) is 0.231. The molecule has 1 amide bonds. The van der Waals surface area contributed by atoms with Crippen LogP contribution in [0.25, 0.3) is 11.4 Å². The first-order chi connectivity index (χ1) is 16.2. The summed E-state index contributed by atoms with van der Waals surface area (Å²) in [5.74, 6) is 0.715. The van der Waals surface area contributed by atoms with Crippen molar-refractivity contribution in [2.45, 2.75) is 43.1 Å². The second kappa shape index (κ2) is 9.58. The lowest BCUT2D eigenvalue weighted by molar-refractivity contribution is -0.115. The molecular weight excluding hydrogens is 430 g/mol. The Hall–Kier alpha value is -3.45. The zero-order chi connectivity index (χ0) is 22.6. The van der Waals surface area contributed by atoms with E-state index in [9.17, 15) is 4.79 Å². The molecular formula is C26H25N5OS. The third kappa shape index (κ3) is 4.83. The molecule has 1 atom stereocenters. The second-order valence-electron chi connectivity index (χ2n) is 8.20. The molecule has 33 heavy (non-hydrogen) atoms. The largest absolute Gasteiger partial charge is 0.325 e. The van der Waals surface area contributed by atoms with Gasteiger partial charge in [0.25, 0.3) is 0 Å². The fourth-order valence-corrected chi connectivity index (χ4v) is 4.95. The minimum atomic E-state index is -0.331. The van der Waals surface area contributed by atoms with Gasteiger partial charge in [-0.2, -0.15) is 0 Å². The van der Waals surface area contributed by atoms with Crippen molar-refractivity contribution >= 4 is 23.4 Å². The summed E-state index contributed by atoms with van der Waals surface area (Å²) in [6.45, 7) is 2.52. The Labute approximate surface area is 197 Å². The summed E-state index contributed by atoms with van der Waals surface area (Å²) >= 11 is 1.42. The van der Waals surface area contributed by atoms with Crippen LogP contribution in [0, 0.1) is 0 Å². The predicted molar refractivity (Wildman–Crippen MR) is 131 cm³/mol. The third-order valence-corrected chi connectivity index (χ3v) is 6.94. The second-order valence-corrected chi connectivity index (χ2v) is 9.51. The minimum absolute atomic E-state index is 0.0438. The maximum Gasteiger partial charge on any atom is 0.237 e. The van der Waals surface area contributed by atoms with E-state index in [1.54, 1.807) is 12.4 Å². The molecule has 2 aromatic heterocycles. The van der Waals surface area contributed by atoms with Gasteiger partial charge in [0, 0.05) is 23.6 Å². The molecule has 0 saturated carbocycles. The summed E-state index contributed by atoms with van der Waals surface area (Å²) in [6.07, 6.45) is 6.90. The number of anilines is 1. The van der Waals surface area contributed by atoms with Crippen molar-refractivity contribution in [3.63, 3.8) is 0 Å². The van der Waals surface area contributed by atoms with Gasteiger partial charge in [0.15, 0.2) is 11.0 Å². The molecule has 0 unspecified atom stereocenters. The average molecular weight is 456 g/mol. The van der Waals surface area contributed by atoms with Crippen molar-refractivity contribution in [3.05, 3.63) is 89.7 Å². The smallest absolute Gasteiger partial charge is 0.237 e. The zero-order valence-electron chi connectivity index (χ0n) is 18.4. The van der Waals surface area contributed by atoms with Crippen molar-refractivity contribution in [2.75, 3.05) is 5.32 Å². The average Bonchev–Trinajstić information content (AvgIpc) is 3.47. The van der Waals surface area contributed by atoms with Crippen molar-refractivity contribution in [1.82, 2.24) is 19.7 Å². The molecule has 1 N–H and O–H groups in total. The molecule has 6 nitrogen and oxygen atoms in total. The normalized spacial score (nSPS) is 13.5. The van der Waals surface area contributed by atoms with Crippen LogP contribution in [0.3, 0.4) is 0 Å². The molecule has 5 rings (SSSR count). The summed E-state index contributed by atoms with van der Waals surface area (Å²) < 4.78 is 2.06. The molecule has 4 aromatic rings. The van der Waals surface area contributed by atoms with Gasteiger partial charge in [-0.15, -0.1) is 10.2 Å². The number of nitrogens with one attached hydrogen (secondary N) is 1. The van der Waals surface area contributed by atoms with Crippen molar-refractivity contribution in [3.8, 4) is 11.4 Å². The highest BCUT2D eigenvalue weighted by atomic mass is 32.2. The summed E-state index contributed by atoms with van der Waals surface area (Å²) in [4.78, 5) is 17.1. The van der Waals surface area contributed by atoms with Gasteiger partial charge >= 0.3 is 0 Å². The number of nitrogens with zero attached hydrogens (tertiary/aromatic N) is 4. The number of fused-ring (bicyclic) bond motifs is 1. The molecule has 0 spiro atoms. The Bertz CT molecular complexity index is 1260. The van der Waals surface area contributed by atoms with E-state index < -0.39 is 0 Å². The van der Waals surface area contributed by atoms with Crippen LogP contribution in [0.1, 0.15) is 30.0 Å². The molecule has 2 heterocycles. The number of hydrogen-bond donors (Lipinski definition) is 1. The van der Waals surface area contributed by atoms with Crippen molar-refractivity contribution in [1.29, 1.82) is 0 Å². The van der Waals surface area contributed by atoms with E-state index in [1.807, 2.05) is 43.3 Å². The fourth-order valence-electron chi connectivity index (χ4n) is 4.10. The summed E-state index contributed by atoms with van der Waals surface area (Å²) in [6, 6.07) is 20.3. The van der Waals surface area contributed by atoms with Crippen LogP contribution >= 0.6 is 11.8 Å². The van der Waals surface area contributed by atoms with E-state index in [1.165, 1.54) is 29.3 Å². The quantitative estimate of drug-likeness (QED) is 0.397. The lowest BCUT2D eigenvalue weighted by Crippen LogP contribution is -2.23. The van der Waals surface area contributed by atoms with Crippen LogP contribution in [0.4, 0.5) is 5.69 Å².